The van der Waals surface area contributed by atoms with Crippen LogP contribution in [-0.2, 0) is 16.1 Å². The first kappa shape index (κ1) is 17.3. The number of aromatic nitrogens is 1. The van der Waals surface area contributed by atoms with Gasteiger partial charge in [0, 0.05) is 31.6 Å². The number of thioether (sulfide) groups is 1. The van der Waals surface area contributed by atoms with Crippen molar-refractivity contribution >= 4 is 40.2 Å². The Morgan fingerprint density at radius 3 is 2.83 bits per heavy atom. The molecule has 1 aromatic rings. The second-order valence-electron chi connectivity index (χ2n) is 5.37. The number of amides is 3. The van der Waals surface area contributed by atoms with E-state index in [1.54, 1.807) is 5.38 Å². The Morgan fingerprint density at radius 1 is 1.33 bits per heavy atom. The first-order chi connectivity index (χ1) is 11.6. The zero-order chi connectivity index (χ0) is 16.9. The fourth-order valence-corrected chi connectivity index (χ4v) is 3.97. The fourth-order valence-electron chi connectivity index (χ4n) is 2.41. The maximum absolute atomic E-state index is 12.1. The van der Waals surface area contributed by atoms with Crippen LogP contribution in [0.15, 0.2) is 5.38 Å². The molecule has 10 heteroatoms. The highest BCUT2D eigenvalue weighted by molar-refractivity contribution is 8.14. The average molecular weight is 370 g/mol. The molecule has 130 valence electrons. The van der Waals surface area contributed by atoms with Crippen molar-refractivity contribution in [3.05, 3.63) is 16.1 Å². The van der Waals surface area contributed by atoms with E-state index in [9.17, 15) is 14.4 Å². The van der Waals surface area contributed by atoms with Crippen LogP contribution in [-0.4, -0.2) is 77.0 Å². The Bertz CT molecular complexity index is 614. The van der Waals surface area contributed by atoms with Crippen LogP contribution in [0.3, 0.4) is 0 Å². The molecule has 2 fully saturated rings. The minimum absolute atomic E-state index is 0.184. The first-order valence-electron chi connectivity index (χ1n) is 7.63. The number of carbonyl (C=O) groups excluding carboxylic acids is 3. The summed E-state index contributed by atoms with van der Waals surface area (Å²) in [7, 11) is 0. The number of thiazole rings is 1. The van der Waals surface area contributed by atoms with Gasteiger partial charge in [0.1, 0.15) is 10.7 Å². The molecule has 2 aliphatic rings. The predicted molar refractivity (Wildman–Crippen MR) is 90.1 cm³/mol. The SMILES string of the molecule is O=C(NCCN1C(=O)CSC1=O)c1csc(CN2CCOCC2)n1. The van der Waals surface area contributed by atoms with Crippen molar-refractivity contribution in [2.45, 2.75) is 6.54 Å². The number of rotatable bonds is 6. The quantitative estimate of drug-likeness (QED) is 0.775. The van der Waals surface area contributed by atoms with Crippen molar-refractivity contribution in [2.75, 3.05) is 45.1 Å². The van der Waals surface area contributed by atoms with Gasteiger partial charge in [-0.2, -0.15) is 0 Å². The van der Waals surface area contributed by atoms with Crippen molar-refractivity contribution in [3.63, 3.8) is 0 Å². The van der Waals surface area contributed by atoms with Crippen LogP contribution in [0.4, 0.5) is 4.79 Å². The molecule has 0 unspecified atom stereocenters. The number of imide groups is 1. The van der Waals surface area contributed by atoms with Gasteiger partial charge >= 0.3 is 0 Å². The lowest BCUT2D eigenvalue weighted by atomic mass is 10.4. The lowest BCUT2D eigenvalue weighted by molar-refractivity contribution is -0.124. The maximum Gasteiger partial charge on any atom is 0.288 e. The summed E-state index contributed by atoms with van der Waals surface area (Å²) in [5, 5.41) is 5.07. The second-order valence-corrected chi connectivity index (χ2v) is 7.24. The van der Waals surface area contributed by atoms with Crippen LogP contribution < -0.4 is 5.32 Å². The second kappa shape index (κ2) is 8.06. The van der Waals surface area contributed by atoms with Crippen molar-refractivity contribution in [3.8, 4) is 0 Å². The van der Waals surface area contributed by atoms with Crippen molar-refractivity contribution in [2.24, 2.45) is 0 Å². The normalized spacial score (nSPS) is 19.1. The molecule has 0 spiro atoms. The third-order valence-electron chi connectivity index (χ3n) is 3.71. The maximum atomic E-state index is 12.1. The summed E-state index contributed by atoms with van der Waals surface area (Å²) in [5.41, 5.74) is 0.372. The fraction of sp³-hybridized carbons (Fsp3) is 0.571. The standard InChI is InChI=1S/C14H18N4O4S2/c19-12-9-24-14(21)18(12)2-1-15-13(20)10-8-23-11(16-10)7-17-3-5-22-6-4-17/h8H,1-7,9H2,(H,15,20). The molecule has 3 amide bonds. The zero-order valence-corrected chi connectivity index (χ0v) is 14.7. The molecule has 0 aliphatic carbocycles. The Kier molecular flexibility index (Phi) is 5.82. The van der Waals surface area contributed by atoms with Gasteiger partial charge in [-0.3, -0.25) is 24.2 Å². The lowest BCUT2D eigenvalue weighted by Crippen LogP contribution is -2.37. The van der Waals surface area contributed by atoms with Gasteiger partial charge < -0.3 is 10.1 Å². The van der Waals surface area contributed by atoms with E-state index < -0.39 is 0 Å². The molecule has 0 aromatic carbocycles. The van der Waals surface area contributed by atoms with Crippen molar-refractivity contribution < 1.29 is 19.1 Å². The van der Waals surface area contributed by atoms with E-state index in [0.29, 0.717) is 5.69 Å². The summed E-state index contributed by atoms with van der Waals surface area (Å²) < 4.78 is 5.31. The minimum Gasteiger partial charge on any atom is -0.379 e. The Morgan fingerprint density at radius 2 is 2.12 bits per heavy atom. The molecular formula is C14H18N4O4S2. The molecule has 24 heavy (non-hydrogen) atoms. The molecule has 1 aromatic heterocycles. The van der Waals surface area contributed by atoms with Crippen molar-refractivity contribution in [1.82, 2.24) is 20.1 Å². The number of hydrogen-bond donors (Lipinski definition) is 1. The van der Waals surface area contributed by atoms with Gasteiger partial charge in [-0.15, -0.1) is 11.3 Å². The Labute approximate surface area is 147 Å². The van der Waals surface area contributed by atoms with E-state index in [0.717, 1.165) is 54.5 Å². The van der Waals surface area contributed by atoms with Gasteiger partial charge in [0.2, 0.25) is 5.91 Å². The van der Waals surface area contributed by atoms with Gasteiger partial charge in [0.05, 0.1) is 25.5 Å². The molecular weight excluding hydrogens is 352 g/mol. The smallest absolute Gasteiger partial charge is 0.288 e. The Hall–Kier alpha value is -1.49. The van der Waals surface area contributed by atoms with Gasteiger partial charge in [0.25, 0.3) is 11.1 Å². The molecule has 3 heterocycles. The van der Waals surface area contributed by atoms with Crippen LogP contribution in [0.1, 0.15) is 15.5 Å². The number of morpholine rings is 1. The largest absolute Gasteiger partial charge is 0.379 e. The minimum atomic E-state index is -0.286. The van der Waals surface area contributed by atoms with Gasteiger partial charge in [-0.25, -0.2) is 4.98 Å². The zero-order valence-electron chi connectivity index (χ0n) is 13.0. The van der Waals surface area contributed by atoms with E-state index in [4.69, 9.17) is 4.74 Å². The third-order valence-corrected chi connectivity index (χ3v) is 5.40. The van der Waals surface area contributed by atoms with E-state index >= 15 is 0 Å². The summed E-state index contributed by atoms with van der Waals surface area (Å²) in [6, 6.07) is 0. The lowest BCUT2D eigenvalue weighted by Gasteiger charge is -2.25. The molecule has 0 atom stereocenters. The monoisotopic (exact) mass is 370 g/mol. The van der Waals surface area contributed by atoms with Crippen LogP contribution in [0.5, 0.6) is 0 Å². The molecule has 8 nitrogen and oxygen atoms in total. The Balaban J connectivity index is 1.45. The molecule has 1 N–H and O–H groups in total. The van der Waals surface area contributed by atoms with E-state index in [1.807, 2.05) is 0 Å². The highest BCUT2D eigenvalue weighted by Gasteiger charge is 2.29. The van der Waals surface area contributed by atoms with Gasteiger partial charge in [-0.05, 0) is 0 Å². The summed E-state index contributed by atoms with van der Waals surface area (Å²) in [6.45, 7) is 4.34. The number of nitrogens with zero attached hydrogens (tertiary/aromatic N) is 3. The average Bonchev–Trinajstić information content (AvgIpc) is 3.17. The van der Waals surface area contributed by atoms with Crippen LogP contribution in [0.25, 0.3) is 0 Å². The molecule has 0 radical (unpaired) electrons. The predicted octanol–water partition coefficient (Wildman–Crippen LogP) is 0.401. The summed E-state index contributed by atoms with van der Waals surface area (Å²) in [5.74, 6) is -0.309. The van der Waals surface area contributed by atoms with Crippen molar-refractivity contribution in [1.29, 1.82) is 0 Å². The molecule has 2 aliphatic heterocycles. The topological polar surface area (TPSA) is 91.8 Å². The number of nitrogens with one attached hydrogen (secondary N) is 1. The molecule has 2 saturated heterocycles. The molecule has 0 bridgehead atoms. The van der Waals surface area contributed by atoms with E-state index in [2.05, 4.69) is 15.2 Å². The number of ether oxygens (including phenoxy) is 1. The van der Waals surface area contributed by atoms with Gasteiger partial charge in [-0.1, -0.05) is 11.8 Å². The number of carbonyl (C=O) groups is 3. The summed E-state index contributed by atoms with van der Waals surface area (Å²) >= 11 is 2.44. The molecule has 3 rings (SSSR count). The third kappa shape index (κ3) is 4.32. The van der Waals surface area contributed by atoms with E-state index in [1.165, 1.54) is 11.3 Å². The highest BCUT2D eigenvalue weighted by atomic mass is 32.2. The highest BCUT2D eigenvalue weighted by Crippen LogP contribution is 2.18. The first-order valence-corrected chi connectivity index (χ1v) is 9.50. The molecule has 0 saturated carbocycles. The van der Waals surface area contributed by atoms with E-state index in [-0.39, 0.29) is 35.9 Å². The summed E-state index contributed by atoms with van der Waals surface area (Å²) in [6.07, 6.45) is 0. The summed E-state index contributed by atoms with van der Waals surface area (Å²) in [4.78, 5) is 42.8. The van der Waals surface area contributed by atoms with Crippen LogP contribution in [0.2, 0.25) is 0 Å². The van der Waals surface area contributed by atoms with Crippen LogP contribution >= 0.6 is 23.1 Å². The number of hydrogen-bond acceptors (Lipinski definition) is 8. The van der Waals surface area contributed by atoms with Crippen LogP contribution in [0, 0.1) is 0 Å². The van der Waals surface area contributed by atoms with Gasteiger partial charge in [0.15, 0.2) is 0 Å².